The first kappa shape index (κ1) is 16.2. The lowest BCUT2D eigenvalue weighted by Gasteiger charge is -2.28. The highest BCUT2D eigenvalue weighted by molar-refractivity contribution is 7.91. The number of sulfone groups is 1. The predicted octanol–water partition coefficient (Wildman–Crippen LogP) is 3.06. The predicted molar refractivity (Wildman–Crippen MR) is 86.5 cm³/mol. The molecule has 1 aromatic rings. The van der Waals surface area contributed by atoms with Crippen molar-refractivity contribution in [3.05, 3.63) is 34.6 Å². The Hall–Kier alpha value is -0.650. The molecule has 0 spiro atoms. The molecule has 0 amide bonds. The van der Waals surface area contributed by atoms with Crippen molar-refractivity contribution in [1.29, 1.82) is 0 Å². The van der Waals surface area contributed by atoms with Gasteiger partial charge in [0.05, 0.1) is 11.5 Å². The minimum atomic E-state index is -2.86. The topological polar surface area (TPSA) is 37.4 Å². The number of halogens is 2. The average molecular weight is 346 g/mol. The zero-order valence-corrected chi connectivity index (χ0v) is 14.0. The summed E-state index contributed by atoms with van der Waals surface area (Å²) in [5.41, 5.74) is 0.568. The largest absolute Gasteiger partial charge is 0.296 e. The summed E-state index contributed by atoms with van der Waals surface area (Å²) >= 11 is 6.05. The highest BCUT2D eigenvalue weighted by atomic mass is 35.5. The van der Waals surface area contributed by atoms with Gasteiger partial charge in [-0.2, -0.15) is 0 Å². The molecule has 1 saturated heterocycles. The molecule has 0 N–H and O–H groups in total. The summed E-state index contributed by atoms with van der Waals surface area (Å²) in [7, 11) is -2.86. The molecule has 6 heteroatoms. The van der Waals surface area contributed by atoms with Crippen molar-refractivity contribution in [3.63, 3.8) is 0 Å². The molecule has 0 bridgehead atoms. The van der Waals surface area contributed by atoms with E-state index in [1.54, 1.807) is 12.1 Å². The van der Waals surface area contributed by atoms with Crippen LogP contribution >= 0.6 is 11.6 Å². The number of hydrogen-bond donors (Lipinski definition) is 0. The van der Waals surface area contributed by atoms with Gasteiger partial charge in [-0.3, -0.25) is 4.90 Å². The van der Waals surface area contributed by atoms with Crippen LogP contribution in [-0.4, -0.2) is 43.5 Å². The standard InChI is InChI=1S/C16H21ClFNO2S/c17-15-4-1-5-16(18)14(15)3-2-9-19(12-6-7-12)13-8-10-22(20,21)11-13/h1,4-5,12-13H,2-3,6-11H2/t13-/m0/s1. The molecule has 1 heterocycles. The van der Waals surface area contributed by atoms with Crippen molar-refractivity contribution >= 4 is 21.4 Å². The van der Waals surface area contributed by atoms with Gasteiger partial charge in [0.2, 0.25) is 0 Å². The molecule has 2 fully saturated rings. The summed E-state index contributed by atoms with van der Waals surface area (Å²) < 4.78 is 37.1. The molecule has 0 aromatic heterocycles. The molecule has 1 aromatic carbocycles. The summed E-state index contributed by atoms with van der Waals surface area (Å²) in [6, 6.07) is 5.43. The highest BCUT2D eigenvalue weighted by Crippen LogP contribution is 2.32. The normalized spacial score (nSPS) is 24.0. The van der Waals surface area contributed by atoms with E-state index in [9.17, 15) is 12.8 Å². The van der Waals surface area contributed by atoms with Gasteiger partial charge < -0.3 is 0 Å². The summed E-state index contributed by atoms with van der Waals surface area (Å²) in [6.07, 6.45) is 4.43. The second kappa shape index (κ2) is 6.46. The number of rotatable bonds is 6. The van der Waals surface area contributed by atoms with Crippen molar-refractivity contribution in [2.75, 3.05) is 18.1 Å². The molecule has 122 valence electrons. The van der Waals surface area contributed by atoms with Crippen LogP contribution < -0.4 is 0 Å². The zero-order valence-electron chi connectivity index (χ0n) is 12.5. The molecule has 1 atom stereocenters. The fourth-order valence-electron chi connectivity index (χ4n) is 3.32. The minimum Gasteiger partial charge on any atom is -0.296 e. The lowest BCUT2D eigenvalue weighted by atomic mass is 10.1. The quantitative estimate of drug-likeness (QED) is 0.795. The summed E-state index contributed by atoms with van der Waals surface area (Å²) in [5.74, 6) is 0.332. The van der Waals surface area contributed by atoms with Crippen LogP contribution in [-0.2, 0) is 16.3 Å². The van der Waals surface area contributed by atoms with Crippen molar-refractivity contribution in [2.45, 2.75) is 44.2 Å². The van der Waals surface area contributed by atoms with Crippen LogP contribution in [0.4, 0.5) is 4.39 Å². The first-order chi connectivity index (χ1) is 10.5. The van der Waals surface area contributed by atoms with E-state index >= 15 is 0 Å². The zero-order chi connectivity index (χ0) is 15.7. The summed E-state index contributed by atoms with van der Waals surface area (Å²) in [6.45, 7) is 0.815. The lowest BCUT2D eigenvalue weighted by Crippen LogP contribution is -2.38. The van der Waals surface area contributed by atoms with Gasteiger partial charge in [-0.25, -0.2) is 12.8 Å². The Bertz CT molecular complexity index is 625. The third-order valence-electron chi connectivity index (χ3n) is 4.60. The van der Waals surface area contributed by atoms with Crippen LogP contribution in [0.5, 0.6) is 0 Å². The number of nitrogens with zero attached hydrogens (tertiary/aromatic N) is 1. The molecule has 3 nitrogen and oxygen atoms in total. The van der Waals surface area contributed by atoms with Gasteiger partial charge in [0, 0.05) is 22.7 Å². The van der Waals surface area contributed by atoms with Crippen molar-refractivity contribution in [2.24, 2.45) is 0 Å². The van der Waals surface area contributed by atoms with E-state index in [1.165, 1.54) is 6.07 Å². The third-order valence-corrected chi connectivity index (χ3v) is 6.70. The van der Waals surface area contributed by atoms with E-state index in [2.05, 4.69) is 4.90 Å². The smallest absolute Gasteiger partial charge is 0.151 e. The molecule has 0 unspecified atom stereocenters. The molecule has 0 radical (unpaired) electrons. The van der Waals surface area contributed by atoms with E-state index in [1.807, 2.05) is 0 Å². The highest BCUT2D eigenvalue weighted by Gasteiger charge is 2.39. The Balaban J connectivity index is 1.59. The van der Waals surface area contributed by atoms with Gasteiger partial charge in [-0.1, -0.05) is 17.7 Å². The lowest BCUT2D eigenvalue weighted by molar-refractivity contribution is 0.199. The van der Waals surface area contributed by atoms with Crippen molar-refractivity contribution < 1.29 is 12.8 Å². The van der Waals surface area contributed by atoms with Crippen LogP contribution in [0, 0.1) is 5.82 Å². The van der Waals surface area contributed by atoms with Gasteiger partial charge in [0.1, 0.15) is 5.82 Å². The van der Waals surface area contributed by atoms with Crippen LogP contribution in [0.2, 0.25) is 5.02 Å². The van der Waals surface area contributed by atoms with Gasteiger partial charge in [0.15, 0.2) is 9.84 Å². The molecule has 22 heavy (non-hydrogen) atoms. The minimum absolute atomic E-state index is 0.147. The van der Waals surface area contributed by atoms with Gasteiger partial charge in [-0.15, -0.1) is 0 Å². The van der Waals surface area contributed by atoms with E-state index in [0.717, 1.165) is 32.2 Å². The maximum absolute atomic E-state index is 13.8. The maximum atomic E-state index is 13.8. The molecule has 1 saturated carbocycles. The monoisotopic (exact) mass is 345 g/mol. The molecule has 2 aliphatic rings. The second-order valence-corrected chi connectivity index (χ2v) is 8.97. The molecule has 1 aliphatic heterocycles. The summed E-state index contributed by atoms with van der Waals surface area (Å²) in [4.78, 5) is 2.33. The van der Waals surface area contributed by atoms with E-state index in [4.69, 9.17) is 11.6 Å². The molecular weight excluding hydrogens is 325 g/mol. The Labute approximate surface area is 136 Å². The van der Waals surface area contributed by atoms with E-state index in [0.29, 0.717) is 28.8 Å². The van der Waals surface area contributed by atoms with Crippen molar-refractivity contribution in [1.82, 2.24) is 4.90 Å². The second-order valence-electron chi connectivity index (χ2n) is 6.33. The fraction of sp³-hybridized carbons (Fsp3) is 0.625. The van der Waals surface area contributed by atoms with Crippen LogP contribution in [0.15, 0.2) is 18.2 Å². The molecular formula is C16H21ClFNO2S. The van der Waals surface area contributed by atoms with Gasteiger partial charge in [0.25, 0.3) is 0 Å². The Kier molecular flexibility index (Phi) is 4.76. The van der Waals surface area contributed by atoms with E-state index in [-0.39, 0.29) is 17.6 Å². The van der Waals surface area contributed by atoms with Crippen LogP contribution in [0.25, 0.3) is 0 Å². The van der Waals surface area contributed by atoms with Crippen molar-refractivity contribution in [3.8, 4) is 0 Å². The maximum Gasteiger partial charge on any atom is 0.151 e. The Morgan fingerprint density at radius 1 is 1.23 bits per heavy atom. The van der Waals surface area contributed by atoms with Crippen LogP contribution in [0.1, 0.15) is 31.2 Å². The Morgan fingerprint density at radius 3 is 2.59 bits per heavy atom. The number of benzene rings is 1. The average Bonchev–Trinajstić information content (AvgIpc) is 3.21. The van der Waals surface area contributed by atoms with Gasteiger partial charge >= 0.3 is 0 Å². The first-order valence-corrected chi connectivity index (χ1v) is 10.1. The Morgan fingerprint density at radius 2 is 2.00 bits per heavy atom. The SMILES string of the molecule is O=S1(=O)CC[C@H](N(CCCc2c(F)cccc2Cl)C2CC2)C1. The first-order valence-electron chi connectivity index (χ1n) is 7.85. The molecule has 3 rings (SSSR count). The number of hydrogen-bond acceptors (Lipinski definition) is 3. The molecule has 1 aliphatic carbocycles. The third kappa shape index (κ3) is 3.81. The fourth-order valence-corrected chi connectivity index (χ4v) is 5.32. The van der Waals surface area contributed by atoms with E-state index < -0.39 is 9.84 Å². The summed E-state index contributed by atoms with van der Waals surface area (Å²) in [5, 5.41) is 0.474. The van der Waals surface area contributed by atoms with Crippen LogP contribution in [0.3, 0.4) is 0 Å². The van der Waals surface area contributed by atoms with Gasteiger partial charge in [-0.05, 0) is 50.8 Å².